The van der Waals surface area contributed by atoms with Gasteiger partial charge in [-0.05, 0) is 49.8 Å². The van der Waals surface area contributed by atoms with Crippen LogP contribution in [0.15, 0.2) is 54.6 Å². The Balaban J connectivity index is 1.52. The van der Waals surface area contributed by atoms with Gasteiger partial charge in [0, 0.05) is 5.56 Å². The topological polar surface area (TPSA) is 58.6 Å². The number of carbonyl (C=O) groups is 2. The zero-order valence-corrected chi connectivity index (χ0v) is 16.2. The van der Waals surface area contributed by atoms with Crippen LogP contribution < -0.4 is 10.1 Å². The largest absolute Gasteiger partial charge is 0.457 e. The van der Waals surface area contributed by atoms with Gasteiger partial charge in [-0.3, -0.25) is 9.69 Å². The van der Waals surface area contributed by atoms with E-state index in [1.165, 1.54) is 4.90 Å². The minimum absolute atomic E-state index is 0.0958. The number of benzene rings is 2. The molecule has 2 aromatic rings. The molecule has 28 heavy (non-hydrogen) atoms. The van der Waals surface area contributed by atoms with Gasteiger partial charge in [0.15, 0.2) is 0 Å². The standard InChI is InChI=1S/C23H26N2O3/c1-2-17-12-14-23(15-13-17)21(26)25(22(27)24-23)16-18-8-6-7-11-20(18)28-19-9-4-3-5-10-19/h3-11,17H,2,12-16H2,1H3,(H,24,27). The van der Waals surface area contributed by atoms with E-state index < -0.39 is 5.54 Å². The molecular formula is C23H26N2O3. The highest BCUT2D eigenvalue weighted by Crippen LogP contribution is 2.38. The van der Waals surface area contributed by atoms with Gasteiger partial charge in [-0.1, -0.05) is 49.7 Å². The number of para-hydroxylation sites is 2. The van der Waals surface area contributed by atoms with Crippen molar-refractivity contribution in [2.75, 3.05) is 0 Å². The van der Waals surface area contributed by atoms with Gasteiger partial charge in [0.1, 0.15) is 17.0 Å². The Morgan fingerprint density at radius 2 is 1.71 bits per heavy atom. The van der Waals surface area contributed by atoms with Crippen molar-refractivity contribution in [2.24, 2.45) is 5.92 Å². The molecule has 146 valence electrons. The molecule has 1 heterocycles. The zero-order chi connectivity index (χ0) is 19.6. The molecule has 3 amide bonds. The molecule has 0 atom stereocenters. The maximum atomic E-state index is 13.2. The van der Waals surface area contributed by atoms with E-state index in [0.29, 0.717) is 11.7 Å². The van der Waals surface area contributed by atoms with Crippen molar-refractivity contribution in [2.45, 2.75) is 51.1 Å². The Morgan fingerprint density at radius 1 is 1.04 bits per heavy atom. The van der Waals surface area contributed by atoms with Crippen molar-refractivity contribution in [3.8, 4) is 11.5 Å². The summed E-state index contributed by atoms with van der Waals surface area (Å²) in [5.41, 5.74) is 0.104. The lowest BCUT2D eigenvalue weighted by molar-refractivity contribution is -0.133. The van der Waals surface area contributed by atoms with E-state index in [4.69, 9.17) is 4.74 Å². The molecule has 0 aromatic heterocycles. The first kappa shape index (κ1) is 18.5. The first-order chi connectivity index (χ1) is 13.6. The van der Waals surface area contributed by atoms with E-state index in [1.54, 1.807) is 0 Å². The maximum Gasteiger partial charge on any atom is 0.325 e. The van der Waals surface area contributed by atoms with Crippen molar-refractivity contribution in [1.82, 2.24) is 10.2 Å². The van der Waals surface area contributed by atoms with Crippen LogP contribution in [0.25, 0.3) is 0 Å². The van der Waals surface area contributed by atoms with Crippen molar-refractivity contribution in [3.63, 3.8) is 0 Å². The van der Waals surface area contributed by atoms with Gasteiger partial charge in [-0.15, -0.1) is 0 Å². The van der Waals surface area contributed by atoms with Crippen LogP contribution in [0, 0.1) is 5.92 Å². The smallest absolute Gasteiger partial charge is 0.325 e. The van der Waals surface area contributed by atoms with E-state index in [-0.39, 0.29) is 18.5 Å². The van der Waals surface area contributed by atoms with E-state index >= 15 is 0 Å². The first-order valence-electron chi connectivity index (χ1n) is 10.1. The summed E-state index contributed by atoms with van der Waals surface area (Å²) in [4.78, 5) is 27.1. The Labute approximate surface area is 165 Å². The molecule has 1 spiro atoms. The van der Waals surface area contributed by atoms with Crippen molar-refractivity contribution in [1.29, 1.82) is 0 Å². The molecule has 0 bridgehead atoms. The lowest BCUT2D eigenvalue weighted by Crippen LogP contribution is -2.49. The average molecular weight is 378 g/mol. The van der Waals surface area contributed by atoms with Crippen LogP contribution >= 0.6 is 0 Å². The van der Waals surface area contributed by atoms with Gasteiger partial charge in [-0.2, -0.15) is 0 Å². The van der Waals surface area contributed by atoms with Crippen LogP contribution in [-0.4, -0.2) is 22.4 Å². The van der Waals surface area contributed by atoms with Gasteiger partial charge < -0.3 is 10.1 Å². The molecule has 1 aliphatic carbocycles. The molecule has 5 nitrogen and oxygen atoms in total. The van der Waals surface area contributed by atoms with Crippen LogP contribution in [0.2, 0.25) is 0 Å². The quantitative estimate of drug-likeness (QED) is 0.755. The molecule has 2 aliphatic rings. The lowest BCUT2D eigenvalue weighted by Gasteiger charge is -2.34. The lowest BCUT2D eigenvalue weighted by atomic mass is 9.75. The predicted molar refractivity (Wildman–Crippen MR) is 107 cm³/mol. The molecule has 4 rings (SSSR count). The summed E-state index contributed by atoms with van der Waals surface area (Å²) < 4.78 is 5.99. The molecule has 2 aromatic carbocycles. The fraction of sp³-hybridized carbons (Fsp3) is 0.391. The number of urea groups is 1. The van der Waals surface area contributed by atoms with Crippen LogP contribution in [0.4, 0.5) is 4.79 Å². The van der Waals surface area contributed by atoms with E-state index in [1.807, 2.05) is 54.6 Å². The summed E-state index contributed by atoms with van der Waals surface area (Å²) >= 11 is 0. The molecule has 1 N–H and O–H groups in total. The molecular weight excluding hydrogens is 352 g/mol. The van der Waals surface area contributed by atoms with Crippen molar-refractivity contribution < 1.29 is 14.3 Å². The number of nitrogens with zero attached hydrogens (tertiary/aromatic N) is 1. The number of nitrogens with one attached hydrogen (secondary N) is 1. The fourth-order valence-corrected chi connectivity index (χ4v) is 4.26. The highest BCUT2D eigenvalue weighted by molar-refractivity contribution is 6.07. The molecule has 0 unspecified atom stereocenters. The van der Waals surface area contributed by atoms with Crippen molar-refractivity contribution >= 4 is 11.9 Å². The molecule has 5 heteroatoms. The maximum absolute atomic E-state index is 13.2. The van der Waals surface area contributed by atoms with Gasteiger partial charge in [-0.25, -0.2) is 4.79 Å². The molecule has 0 radical (unpaired) electrons. The van der Waals surface area contributed by atoms with E-state index in [9.17, 15) is 9.59 Å². The van der Waals surface area contributed by atoms with E-state index in [0.717, 1.165) is 43.4 Å². The monoisotopic (exact) mass is 378 g/mol. The van der Waals surface area contributed by atoms with Crippen LogP contribution in [0.5, 0.6) is 11.5 Å². The number of imide groups is 1. The summed E-state index contributed by atoms with van der Waals surface area (Å²) in [6.45, 7) is 2.40. The third-order valence-corrected chi connectivity index (χ3v) is 6.05. The highest BCUT2D eigenvalue weighted by Gasteiger charge is 2.52. The van der Waals surface area contributed by atoms with Gasteiger partial charge >= 0.3 is 6.03 Å². The zero-order valence-electron chi connectivity index (χ0n) is 16.2. The van der Waals surface area contributed by atoms with Crippen LogP contribution in [0.1, 0.15) is 44.6 Å². The third-order valence-electron chi connectivity index (χ3n) is 6.05. The number of carbonyl (C=O) groups excluding carboxylic acids is 2. The average Bonchev–Trinajstić information content (AvgIpc) is 2.95. The minimum atomic E-state index is -0.710. The Bertz CT molecular complexity index is 857. The number of hydrogen-bond acceptors (Lipinski definition) is 3. The first-order valence-corrected chi connectivity index (χ1v) is 10.1. The van der Waals surface area contributed by atoms with E-state index in [2.05, 4.69) is 12.2 Å². The summed E-state index contributed by atoms with van der Waals surface area (Å²) in [7, 11) is 0. The Morgan fingerprint density at radius 3 is 2.43 bits per heavy atom. The Kier molecular flexibility index (Phi) is 5.07. The summed E-state index contributed by atoms with van der Waals surface area (Å²) in [5.74, 6) is 1.94. The fourth-order valence-electron chi connectivity index (χ4n) is 4.26. The normalized spacial score (nSPS) is 24.5. The minimum Gasteiger partial charge on any atom is -0.457 e. The van der Waals surface area contributed by atoms with Crippen LogP contribution in [0.3, 0.4) is 0 Å². The van der Waals surface area contributed by atoms with Gasteiger partial charge in [0.25, 0.3) is 5.91 Å². The molecule has 1 saturated heterocycles. The second-order valence-electron chi connectivity index (χ2n) is 7.78. The third kappa shape index (κ3) is 3.49. The molecule has 1 saturated carbocycles. The molecule has 1 aliphatic heterocycles. The van der Waals surface area contributed by atoms with Gasteiger partial charge in [0.2, 0.25) is 0 Å². The van der Waals surface area contributed by atoms with Crippen LogP contribution in [-0.2, 0) is 11.3 Å². The molecule has 2 fully saturated rings. The summed E-state index contributed by atoms with van der Waals surface area (Å²) in [5, 5.41) is 3.00. The second kappa shape index (κ2) is 7.66. The summed E-state index contributed by atoms with van der Waals surface area (Å²) in [6.07, 6.45) is 4.57. The van der Waals surface area contributed by atoms with Gasteiger partial charge in [0.05, 0.1) is 6.54 Å². The number of hydrogen-bond donors (Lipinski definition) is 1. The predicted octanol–water partition coefficient (Wildman–Crippen LogP) is 4.87. The summed E-state index contributed by atoms with van der Waals surface area (Å²) in [6, 6.07) is 16.8. The Hall–Kier alpha value is -2.82. The number of rotatable bonds is 5. The van der Waals surface area contributed by atoms with Crippen molar-refractivity contribution in [3.05, 3.63) is 60.2 Å². The SMILES string of the molecule is CCC1CCC2(CC1)NC(=O)N(Cc1ccccc1Oc1ccccc1)C2=O. The number of amides is 3. The highest BCUT2D eigenvalue weighted by atomic mass is 16.5. The second-order valence-corrected chi connectivity index (χ2v) is 7.78. The number of ether oxygens (including phenoxy) is 1.